The number of hydrogen-bond acceptors (Lipinski definition) is 5. The molecule has 0 unspecified atom stereocenters. The normalized spacial score (nSPS) is 9.67. The van der Waals surface area contributed by atoms with Crippen molar-refractivity contribution >= 4 is 23.8 Å². The van der Waals surface area contributed by atoms with Gasteiger partial charge in [-0.25, -0.2) is 4.79 Å². The summed E-state index contributed by atoms with van der Waals surface area (Å²) in [5, 5.41) is 2.13. The van der Waals surface area contributed by atoms with Gasteiger partial charge in [0.1, 0.15) is 5.75 Å². The zero-order valence-corrected chi connectivity index (χ0v) is 11.1. The van der Waals surface area contributed by atoms with Crippen LogP contribution in [0.4, 0.5) is 4.79 Å². The number of rotatable bonds is 5. The van der Waals surface area contributed by atoms with E-state index in [9.17, 15) is 9.59 Å². The van der Waals surface area contributed by atoms with Crippen LogP contribution >= 0.6 is 11.8 Å². The minimum Gasteiger partial charge on any atom is -0.497 e. The predicted octanol–water partition coefficient (Wildman–Crippen LogP) is 2.06. The Labute approximate surface area is 110 Å². The highest BCUT2D eigenvalue weighted by Crippen LogP contribution is 2.20. The molecular weight excluding hydrogens is 254 g/mol. The molecule has 98 valence electrons. The van der Waals surface area contributed by atoms with Crippen LogP contribution in [0, 0.1) is 0 Å². The fourth-order valence-electron chi connectivity index (χ4n) is 1.14. The lowest BCUT2D eigenvalue weighted by Crippen LogP contribution is -2.32. The molecule has 2 amide bonds. The Hall–Kier alpha value is -1.69. The maximum absolute atomic E-state index is 11.4. The SMILES string of the molecule is CCOC(=O)NC(=O)CSc1ccc(OC)cc1. The van der Waals surface area contributed by atoms with E-state index < -0.39 is 6.09 Å². The molecule has 0 fully saturated rings. The second-order valence-electron chi connectivity index (χ2n) is 3.23. The van der Waals surface area contributed by atoms with Gasteiger partial charge < -0.3 is 9.47 Å². The zero-order valence-electron chi connectivity index (χ0n) is 10.3. The molecule has 0 atom stereocenters. The topological polar surface area (TPSA) is 64.6 Å². The van der Waals surface area contributed by atoms with Gasteiger partial charge in [0, 0.05) is 4.90 Å². The standard InChI is InChI=1S/C12H15NO4S/c1-3-17-12(15)13-11(14)8-18-10-6-4-9(16-2)5-7-10/h4-7H,3,8H2,1-2H3,(H,13,14,15). The number of carbonyl (C=O) groups is 2. The van der Waals surface area contributed by atoms with Crippen LogP contribution in [-0.2, 0) is 9.53 Å². The zero-order chi connectivity index (χ0) is 13.4. The summed E-state index contributed by atoms with van der Waals surface area (Å²) in [5.74, 6) is 0.537. The smallest absolute Gasteiger partial charge is 0.413 e. The average Bonchev–Trinajstić information content (AvgIpc) is 2.37. The summed E-state index contributed by atoms with van der Waals surface area (Å²) in [6.45, 7) is 1.92. The molecular formula is C12H15NO4S. The fourth-order valence-corrected chi connectivity index (χ4v) is 1.84. The van der Waals surface area contributed by atoms with Crippen molar-refractivity contribution in [3.63, 3.8) is 0 Å². The molecule has 0 spiro atoms. The van der Waals surface area contributed by atoms with Crippen LogP contribution in [0.5, 0.6) is 5.75 Å². The van der Waals surface area contributed by atoms with E-state index in [4.69, 9.17) is 4.74 Å². The quantitative estimate of drug-likeness (QED) is 0.829. The van der Waals surface area contributed by atoms with Crippen LogP contribution in [0.25, 0.3) is 0 Å². The number of thioether (sulfide) groups is 1. The van der Waals surface area contributed by atoms with Crippen molar-refractivity contribution < 1.29 is 19.1 Å². The highest BCUT2D eigenvalue weighted by molar-refractivity contribution is 8.00. The van der Waals surface area contributed by atoms with Gasteiger partial charge in [-0.2, -0.15) is 0 Å². The van der Waals surface area contributed by atoms with Gasteiger partial charge in [0.2, 0.25) is 5.91 Å². The van der Waals surface area contributed by atoms with E-state index in [1.54, 1.807) is 14.0 Å². The lowest BCUT2D eigenvalue weighted by molar-refractivity contribution is -0.117. The third-order valence-corrected chi connectivity index (χ3v) is 2.96. The highest BCUT2D eigenvalue weighted by atomic mass is 32.2. The van der Waals surface area contributed by atoms with Gasteiger partial charge in [-0.15, -0.1) is 11.8 Å². The first-order chi connectivity index (χ1) is 8.65. The Morgan fingerprint density at radius 1 is 1.28 bits per heavy atom. The van der Waals surface area contributed by atoms with E-state index in [2.05, 4.69) is 10.1 Å². The van der Waals surface area contributed by atoms with Crippen molar-refractivity contribution in [1.82, 2.24) is 5.32 Å². The monoisotopic (exact) mass is 269 g/mol. The minimum atomic E-state index is -0.710. The van der Waals surface area contributed by atoms with Crippen molar-refractivity contribution in [2.24, 2.45) is 0 Å². The van der Waals surface area contributed by atoms with E-state index in [1.807, 2.05) is 24.3 Å². The van der Waals surface area contributed by atoms with Crippen LogP contribution in [0.3, 0.4) is 0 Å². The third-order valence-electron chi connectivity index (χ3n) is 1.95. The number of methoxy groups -OCH3 is 1. The second kappa shape index (κ2) is 7.60. The summed E-state index contributed by atoms with van der Waals surface area (Å²) in [4.78, 5) is 23.3. The second-order valence-corrected chi connectivity index (χ2v) is 4.28. The predicted molar refractivity (Wildman–Crippen MR) is 68.9 cm³/mol. The van der Waals surface area contributed by atoms with Crippen LogP contribution in [0.1, 0.15) is 6.92 Å². The number of ether oxygens (including phenoxy) is 2. The van der Waals surface area contributed by atoms with E-state index in [-0.39, 0.29) is 18.3 Å². The summed E-state index contributed by atoms with van der Waals surface area (Å²) >= 11 is 1.33. The van der Waals surface area contributed by atoms with E-state index >= 15 is 0 Å². The molecule has 18 heavy (non-hydrogen) atoms. The van der Waals surface area contributed by atoms with Gasteiger partial charge in [-0.05, 0) is 31.2 Å². The molecule has 0 heterocycles. The molecule has 0 aliphatic rings. The minimum absolute atomic E-state index is 0.158. The Morgan fingerprint density at radius 2 is 1.94 bits per heavy atom. The molecule has 5 nitrogen and oxygen atoms in total. The molecule has 0 radical (unpaired) electrons. The molecule has 6 heteroatoms. The van der Waals surface area contributed by atoms with Gasteiger partial charge in [-0.1, -0.05) is 0 Å². The Morgan fingerprint density at radius 3 is 2.50 bits per heavy atom. The molecule has 1 aromatic rings. The van der Waals surface area contributed by atoms with Crippen LogP contribution in [0.2, 0.25) is 0 Å². The van der Waals surface area contributed by atoms with Gasteiger partial charge in [0.25, 0.3) is 0 Å². The molecule has 0 saturated heterocycles. The van der Waals surface area contributed by atoms with Crippen LogP contribution < -0.4 is 10.1 Å². The maximum atomic E-state index is 11.4. The van der Waals surface area contributed by atoms with E-state index in [1.165, 1.54) is 11.8 Å². The Balaban J connectivity index is 2.35. The fraction of sp³-hybridized carbons (Fsp3) is 0.333. The first-order valence-corrected chi connectivity index (χ1v) is 6.37. The molecule has 0 saturated carbocycles. The Bertz CT molecular complexity index is 405. The summed E-state index contributed by atoms with van der Waals surface area (Å²) < 4.78 is 9.62. The number of alkyl carbamates (subject to hydrolysis) is 1. The number of imide groups is 1. The summed E-state index contributed by atoms with van der Waals surface area (Å²) in [6.07, 6.45) is -0.710. The summed E-state index contributed by atoms with van der Waals surface area (Å²) in [5.41, 5.74) is 0. The molecule has 0 aromatic heterocycles. The molecule has 0 aliphatic heterocycles. The van der Waals surface area contributed by atoms with E-state index in [0.717, 1.165) is 10.6 Å². The average molecular weight is 269 g/mol. The van der Waals surface area contributed by atoms with Crippen molar-refractivity contribution in [2.75, 3.05) is 19.5 Å². The molecule has 0 aliphatic carbocycles. The Kier molecular flexibility index (Phi) is 6.07. The van der Waals surface area contributed by atoms with Gasteiger partial charge in [0.05, 0.1) is 19.5 Å². The van der Waals surface area contributed by atoms with Crippen molar-refractivity contribution in [1.29, 1.82) is 0 Å². The first-order valence-electron chi connectivity index (χ1n) is 5.39. The molecule has 1 rings (SSSR count). The third kappa shape index (κ3) is 5.09. The van der Waals surface area contributed by atoms with Crippen molar-refractivity contribution in [2.45, 2.75) is 11.8 Å². The number of benzene rings is 1. The van der Waals surface area contributed by atoms with Gasteiger partial charge in [-0.3, -0.25) is 10.1 Å². The maximum Gasteiger partial charge on any atom is 0.413 e. The molecule has 0 bridgehead atoms. The van der Waals surface area contributed by atoms with Crippen LogP contribution in [-0.4, -0.2) is 31.5 Å². The number of amides is 2. The lowest BCUT2D eigenvalue weighted by atomic mass is 10.3. The van der Waals surface area contributed by atoms with Crippen LogP contribution in [0.15, 0.2) is 29.2 Å². The molecule has 1 N–H and O–H groups in total. The number of nitrogens with one attached hydrogen (secondary N) is 1. The lowest BCUT2D eigenvalue weighted by Gasteiger charge is -2.04. The number of carbonyl (C=O) groups excluding carboxylic acids is 2. The highest BCUT2D eigenvalue weighted by Gasteiger charge is 2.08. The summed E-state index contributed by atoms with van der Waals surface area (Å²) in [6, 6.07) is 7.32. The largest absolute Gasteiger partial charge is 0.497 e. The van der Waals surface area contributed by atoms with Crippen molar-refractivity contribution in [3.05, 3.63) is 24.3 Å². The van der Waals surface area contributed by atoms with E-state index in [0.29, 0.717) is 0 Å². The molecule has 1 aromatic carbocycles. The first kappa shape index (κ1) is 14.4. The van der Waals surface area contributed by atoms with Crippen molar-refractivity contribution in [3.8, 4) is 5.75 Å². The number of hydrogen-bond donors (Lipinski definition) is 1. The van der Waals surface area contributed by atoms with Gasteiger partial charge >= 0.3 is 6.09 Å². The summed E-state index contributed by atoms with van der Waals surface area (Å²) in [7, 11) is 1.59. The van der Waals surface area contributed by atoms with Gasteiger partial charge in [0.15, 0.2) is 0 Å².